The van der Waals surface area contributed by atoms with E-state index in [-0.39, 0.29) is 0 Å². The molecule has 4 N–H and O–H groups in total. The van der Waals surface area contributed by atoms with Crippen LogP contribution in [0.5, 0.6) is 0 Å². The average Bonchev–Trinajstić information content (AvgIpc) is 2.38. The lowest BCUT2D eigenvalue weighted by Gasteiger charge is -2.11. The number of guanidine groups is 1. The van der Waals surface area contributed by atoms with Gasteiger partial charge in [0.05, 0.1) is 0 Å². The Labute approximate surface area is 110 Å². The number of hydrogen-bond acceptors (Lipinski definition) is 2. The van der Waals surface area contributed by atoms with Crippen molar-refractivity contribution in [3.8, 4) is 0 Å². The van der Waals surface area contributed by atoms with E-state index in [0.29, 0.717) is 11.9 Å². The van der Waals surface area contributed by atoms with Crippen LogP contribution in [-0.2, 0) is 0 Å². The quantitative estimate of drug-likeness (QED) is 0.247. The summed E-state index contributed by atoms with van der Waals surface area (Å²) in [5.41, 5.74) is 4.90. The highest BCUT2D eigenvalue weighted by Gasteiger charge is 2.02. The lowest BCUT2D eigenvalue weighted by atomic mass is 10.0. The van der Waals surface area contributed by atoms with Gasteiger partial charge in [0.1, 0.15) is 0 Å². The third-order valence-corrected chi connectivity index (χ3v) is 2.73. The van der Waals surface area contributed by atoms with Gasteiger partial charge in [-0.3, -0.25) is 10.4 Å². The molecule has 1 aromatic rings. The van der Waals surface area contributed by atoms with Gasteiger partial charge < -0.3 is 5.32 Å². The molecule has 0 aromatic heterocycles. The Morgan fingerprint density at radius 2 is 2.17 bits per heavy atom. The fourth-order valence-corrected chi connectivity index (χ4v) is 1.58. The molecule has 0 saturated carbocycles. The molecule has 0 saturated heterocycles. The third kappa shape index (κ3) is 4.75. The molecule has 0 heterocycles. The predicted molar refractivity (Wildman–Crippen MR) is 78.7 cm³/mol. The minimum absolute atomic E-state index is 0.512. The number of nitrogens with one attached hydrogen (secondary N) is 2. The monoisotopic (exact) mass is 248 g/mol. The van der Waals surface area contributed by atoms with Crippen molar-refractivity contribution in [3.05, 3.63) is 29.8 Å². The molecule has 1 rings (SSSR count). The molecule has 18 heavy (non-hydrogen) atoms. The Kier molecular flexibility index (Phi) is 6.22. The van der Waals surface area contributed by atoms with E-state index >= 15 is 0 Å². The topological polar surface area (TPSA) is 62.4 Å². The second-order valence-electron chi connectivity index (χ2n) is 4.63. The number of aliphatic imine (C=N–C) groups is 1. The summed E-state index contributed by atoms with van der Waals surface area (Å²) >= 11 is 0. The van der Waals surface area contributed by atoms with Crippen LogP contribution in [0.1, 0.15) is 45.1 Å². The van der Waals surface area contributed by atoms with E-state index in [9.17, 15) is 0 Å². The van der Waals surface area contributed by atoms with Gasteiger partial charge in [-0.1, -0.05) is 39.3 Å². The maximum atomic E-state index is 5.46. The number of hydrazine groups is 1. The minimum atomic E-state index is 0.512. The molecule has 1 aromatic carbocycles. The highest BCUT2D eigenvalue weighted by Crippen LogP contribution is 2.18. The minimum Gasteiger partial charge on any atom is -0.325 e. The lowest BCUT2D eigenvalue weighted by molar-refractivity contribution is 0.801. The van der Waals surface area contributed by atoms with E-state index in [1.54, 1.807) is 0 Å². The molecule has 0 bridgehead atoms. The van der Waals surface area contributed by atoms with E-state index < -0.39 is 0 Å². The Morgan fingerprint density at radius 3 is 2.78 bits per heavy atom. The molecule has 0 radical (unpaired) electrons. The molecule has 0 aliphatic carbocycles. The zero-order chi connectivity index (χ0) is 13.4. The van der Waals surface area contributed by atoms with Gasteiger partial charge >= 0.3 is 0 Å². The summed E-state index contributed by atoms with van der Waals surface area (Å²) in [6.45, 7) is 7.28. The van der Waals surface area contributed by atoms with E-state index in [2.05, 4.69) is 48.6 Å². The van der Waals surface area contributed by atoms with Gasteiger partial charge in [-0.15, -0.1) is 0 Å². The van der Waals surface area contributed by atoms with Crippen LogP contribution in [0.4, 0.5) is 5.69 Å². The molecule has 0 amide bonds. The molecule has 0 aliphatic rings. The summed E-state index contributed by atoms with van der Waals surface area (Å²) < 4.78 is 0. The largest absolute Gasteiger partial charge is 0.325 e. The van der Waals surface area contributed by atoms with Crippen LogP contribution in [-0.4, -0.2) is 12.5 Å². The van der Waals surface area contributed by atoms with Crippen molar-refractivity contribution in [1.82, 2.24) is 5.43 Å². The van der Waals surface area contributed by atoms with Crippen molar-refractivity contribution < 1.29 is 0 Å². The maximum Gasteiger partial charge on any atom is 0.210 e. The van der Waals surface area contributed by atoms with Crippen LogP contribution >= 0.6 is 0 Å². The van der Waals surface area contributed by atoms with Gasteiger partial charge in [-0.25, -0.2) is 5.84 Å². The first-order valence-electron chi connectivity index (χ1n) is 6.55. The molecular formula is C14H24N4. The van der Waals surface area contributed by atoms with Crippen LogP contribution in [0, 0.1) is 0 Å². The molecule has 4 nitrogen and oxygen atoms in total. The first-order valence-corrected chi connectivity index (χ1v) is 6.55. The summed E-state index contributed by atoms with van der Waals surface area (Å²) in [4.78, 5) is 4.37. The summed E-state index contributed by atoms with van der Waals surface area (Å²) in [7, 11) is 0. The first-order chi connectivity index (χ1) is 8.67. The van der Waals surface area contributed by atoms with Crippen molar-refractivity contribution in [2.75, 3.05) is 11.9 Å². The summed E-state index contributed by atoms with van der Waals surface area (Å²) in [6, 6.07) is 8.30. The zero-order valence-electron chi connectivity index (χ0n) is 11.5. The van der Waals surface area contributed by atoms with Crippen LogP contribution in [0.2, 0.25) is 0 Å². The van der Waals surface area contributed by atoms with E-state index in [4.69, 9.17) is 5.84 Å². The van der Waals surface area contributed by atoms with Gasteiger partial charge in [0.25, 0.3) is 0 Å². The molecule has 0 atom stereocenters. The fraction of sp³-hybridized carbons (Fsp3) is 0.500. The number of nitrogens with two attached hydrogens (primary N) is 1. The molecule has 0 aliphatic heterocycles. The second kappa shape index (κ2) is 7.71. The van der Waals surface area contributed by atoms with Crippen LogP contribution in [0.3, 0.4) is 0 Å². The zero-order valence-corrected chi connectivity index (χ0v) is 11.5. The smallest absolute Gasteiger partial charge is 0.210 e. The number of anilines is 1. The third-order valence-electron chi connectivity index (χ3n) is 2.73. The highest BCUT2D eigenvalue weighted by molar-refractivity contribution is 5.93. The maximum absolute atomic E-state index is 5.46. The van der Waals surface area contributed by atoms with Crippen LogP contribution in [0.15, 0.2) is 29.3 Å². The Bertz CT molecular complexity index is 385. The Balaban J connectivity index is 2.69. The summed E-state index contributed by atoms with van der Waals surface area (Å²) in [6.07, 6.45) is 2.20. The molecule has 100 valence electrons. The fourth-order valence-electron chi connectivity index (χ4n) is 1.58. The number of hydrogen-bond donors (Lipinski definition) is 3. The number of rotatable bonds is 5. The summed E-state index contributed by atoms with van der Waals surface area (Å²) in [5.74, 6) is 6.58. The van der Waals surface area contributed by atoms with E-state index in [1.807, 2.05) is 12.1 Å². The van der Waals surface area contributed by atoms with Gasteiger partial charge in [0, 0.05) is 12.2 Å². The normalized spacial score (nSPS) is 11.7. The van der Waals surface area contributed by atoms with Gasteiger partial charge in [-0.2, -0.15) is 0 Å². The highest BCUT2D eigenvalue weighted by atomic mass is 15.3. The molecular weight excluding hydrogens is 224 g/mol. The van der Waals surface area contributed by atoms with E-state index in [0.717, 1.165) is 25.1 Å². The van der Waals surface area contributed by atoms with Crippen molar-refractivity contribution in [2.45, 2.75) is 39.5 Å². The lowest BCUT2D eigenvalue weighted by Crippen LogP contribution is -2.36. The van der Waals surface area contributed by atoms with Gasteiger partial charge in [0.15, 0.2) is 0 Å². The summed E-state index contributed by atoms with van der Waals surface area (Å²) in [5, 5.41) is 3.20. The number of nitrogens with zero attached hydrogens (tertiary/aromatic N) is 1. The van der Waals surface area contributed by atoms with Crippen molar-refractivity contribution in [2.24, 2.45) is 10.8 Å². The molecule has 4 heteroatoms. The predicted octanol–water partition coefficient (Wildman–Crippen LogP) is 2.84. The SMILES string of the molecule is CCCCN=C(NN)Nc1cccc(C(C)C)c1. The van der Waals surface area contributed by atoms with E-state index in [1.165, 1.54) is 5.56 Å². The van der Waals surface area contributed by atoms with Crippen LogP contribution in [0.25, 0.3) is 0 Å². The number of benzene rings is 1. The number of unbranched alkanes of at least 4 members (excludes halogenated alkanes) is 1. The molecule has 0 fully saturated rings. The molecule has 0 spiro atoms. The molecule has 0 unspecified atom stereocenters. The second-order valence-corrected chi connectivity index (χ2v) is 4.63. The average molecular weight is 248 g/mol. The van der Waals surface area contributed by atoms with Gasteiger partial charge in [-0.05, 0) is 30.0 Å². The van der Waals surface area contributed by atoms with Crippen molar-refractivity contribution in [1.29, 1.82) is 0 Å². The van der Waals surface area contributed by atoms with Crippen molar-refractivity contribution in [3.63, 3.8) is 0 Å². The Hall–Kier alpha value is -1.55. The van der Waals surface area contributed by atoms with Crippen molar-refractivity contribution >= 4 is 11.6 Å². The Morgan fingerprint density at radius 1 is 1.39 bits per heavy atom. The standard InChI is InChI=1S/C14H24N4/c1-4-5-9-16-14(18-15)17-13-8-6-7-12(10-13)11(2)3/h6-8,10-11H,4-5,9,15H2,1-3H3,(H2,16,17,18). The first kappa shape index (κ1) is 14.5. The van der Waals surface area contributed by atoms with Crippen LogP contribution < -0.4 is 16.6 Å². The van der Waals surface area contributed by atoms with Gasteiger partial charge in [0.2, 0.25) is 5.96 Å².